The summed E-state index contributed by atoms with van der Waals surface area (Å²) in [5.41, 5.74) is 1.97. The molecule has 0 aliphatic heterocycles. The Hall–Kier alpha value is -2.97. The number of carbonyl (C=O) groups is 1. The SMILES string of the molecule is COc1ccc(NC(=O)CN(c2ccc(C)cc2)S(=O)(=O)c2ccc(SC)cc2)cc1. The molecule has 3 aromatic rings. The molecule has 0 atom stereocenters. The smallest absolute Gasteiger partial charge is 0.264 e. The second-order valence-corrected chi connectivity index (χ2v) is 9.54. The quantitative estimate of drug-likeness (QED) is 0.503. The minimum atomic E-state index is -3.95. The van der Waals surface area contributed by atoms with Crippen molar-refractivity contribution in [2.24, 2.45) is 0 Å². The third-order valence-corrected chi connectivity index (χ3v) is 7.16. The Morgan fingerprint density at radius 3 is 2.13 bits per heavy atom. The molecule has 0 bridgehead atoms. The van der Waals surface area contributed by atoms with Gasteiger partial charge in [0.1, 0.15) is 12.3 Å². The van der Waals surface area contributed by atoms with Crippen molar-refractivity contribution in [2.45, 2.75) is 16.7 Å². The molecule has 0 saturated carbocycles. The molecule has 0 aliphatic rings. The van der Waals surface area contributed by atoms with Gasteiger partial charge >= 0.3 is 0 Å². The fourth-order valence-corrected chi connectivity index (χ4v) is 4.74. The van der Waals surface area contributed by atoms with Crippen LogP contribution in [0.25, 0.3) is 0 Å². The van der Waals surface area contributed by atoms with Crippen LogP contribution in [0.2, 0.25) is 0 Å². The standard InChI is InChI=1S/C23H24N2O4S2/c1-17-4-8-19(9-5-17)25(31(27,28)22-14-12-21(30-3)13-15-22)16-23(26)24-18-6-10-20(29-2)11-7-18/h4-15H,16H2,1-3H3,(H,24,26). The van der Waals surface area contributed by atoms with Gasteiger partial charge in [0, 0.05) is 10.6 Å². The van der Waals surface area contributed by atoms with Gasteiger partial charge in [-0.05, 0) is 73.8 Å². The number of methoxy groups -OCH3 is 1. The first kappa shape index (κ1) is 22.7. The van der Waals surface area contributed by atoms with Gasteiger partial charge in [0.25, 0.3) is 10.0 Å². The predicted molar refractivity (Wildman–Crippen MR) is 126 cm³/mol. The van der Waals surface area contributed by atoms with Crippen LogP contribution in [0.4, 0.5) is 11.4 Å². The normalized spacial score (nSPS) is 11.1. The molecule has 6 nitrogen and oxygen atoms in total. The van der Waals surface area contributed by atoms with E-state index in [1.807, 2.05) is 25.3 Å². The average molecular weight is 457 g/mol. The van der Waals surface area contributed by atoms with Gasteiger partial charge in [0.2, 0.25) is 5.91 Å². The number of thioether (sulfide) groups is 1. The third-order valence-electron chi connectivity index (χ3n) is 4.63. The number of benzene rings is 3. The van der Waals surface area contributed by atoms with E-state index in [2.05, 4.69) is 5.32 Å². The Morgan fingerprint density at radius 1 is 0.968 bits per heavy atom. The maximum absolute atomic E-state index is 13.4. The molecule has 0 radical (unpaired) electrons. The van der Waals surface area contributed by atoms with Crippen molar-refractivity contribution in [3.05, 3.63) is 78.4 Å². The summed E-state index contributed by atoms with van der Waals surface area (Å²) in [6.07, 6.45) is 1.92. The summed E-state index contributed by atoms with van der Waals surface area (Å²) in [5, 5.41) is 2.74. The molecule has 0 aromatic heterocycles. The van der Waals surface area contributed by atoms with Crippen LogP contribution >= 0.6 is 11.8 Å². The molecule has 0 unspecified atom stereocenters. The van der Waals surface area contributed by atoms with Crippen molar-refractivity contribution in [3.63, 3.8) is 0 Å². The van der Waals surface area contributed by atoms with Crippen molar-refractivity contribution in [1.82, 2.24) is 0 Å². The minimum Gasteiger partial charge on any atom is -0.497 e. The number of carbonyl (C=O) groups excluding carboxylic acids is 1. The molecular formula is C23H24N2O4S2. The first-order valence-corrected chi connectivity index (χ1v) is 12.2. The van der Waals surface area contributed by atoms with Crippen LogP contribution in [0.5, 0.6) is 5.75 Å². The molecule has 31 heavy (non-hydrogen) atoms. The molecule has 0 fully saturated rings. The number of rotatable bonds is 8. The van der Waals surface area contributed by atoms with Crippen LogP contribution in [0.15, 0.2) is 82.6 Å². The monoisotopic (exact) mass is 456 g/mol. The van der Waals surface area contributed by atoms with E-state index in [1.54, 1.807) is 67.8 Å². The molecule has 0 heterocycles. The number of anilines is 2. The van der Waals surface area contributed by atoms with Crippen LogP contribution < -0.4 is 14.4 Å². The van der Waals surface area contributed by atoms with Crippen molar-refractivity contribution in [1.29, 1.82) is 0 Å². The third kappa shape index (κ3) is 5.59. The number of nitrogens with one attached hydrogen (secondary N) is 1. The zero-order valence-electron chi connectivity index (χ0n) is 17.5. The number of sulfonamides is 1. The van der Waals surface area contributed by atoms with E-state index >= 15 is 0 Å². The number of ether oxygens (including phenoxy) is 1. The fourth-order valence-electron chi connectivity index (χ4n) is 2.91. The average Bonchev–Trinajstić information content (AvgIpc) is 2.78. The highest BCUT2D eigenvalue weighted by Gasteiger charge is 2.27. The lowest BCUT2D eigenvalue weighted by atomic mass is 10.2. The molecular weight excluding hydrogens is 432 g/mol. The zero-order chi connectivity index (χ0) is 22.4. The summed E-state index contributed by atoms with van der Waals surface area (Å²) in [6.45, 7) is 1.56. The number of aryl methyl sites for hydroxylation is 1. The van der Waals surface area contributed by atoms with Crippen molar-refractivity contribution >= 4 is 39.1 Å². The van der Waals surface area contributed by atoms with E-state index in [1.165, 1.54) is 11.8 Å². The molecule has 1 N–H and O–H groups in total. The minimum absolute atomic E-state index is 0.128. The zero-order valence-corrected chi connectivity index (χ0v) is 19.2. The topological polar surface area (TPSA) is 75.7 Å². The summed E-state index contributed by atoms with van der Waals surface area (Å²) in [6, 6.07) is 20.5. The van der Waals surface area contributed by atoms with Crippen LogP contribution in [0, 0.1) is 6.92 Å². The van der Waals surface area contributed by atoms with Crippen LogP contribution in [-0.4, -0.2) is 34.2 Å². The van der Waals surface area contributed by atoms with E-state index in [-0.39, 0.29) is 11.4 Å². The Kier molecular flexibility index (Phi) is 7.25. The number of nitrogens with zero attached hydrogens (tertiary/aromatic N) is 1. The first-order valence-electron chi connectivity index (χ1n) is 9.51. The van der Waals surface area contributed by atoms with Crippen molar-refractivity contribution in [2.75, 3.05) is 29.5 Å². The first-order chi connectivity index (χ1) is 14.8. The molecule has 3 aromatic carbocycles. The Bertz CT molecular complexity index is 1130. The molecule has 0 aliphatic carbocycles. The fraction of sp³-hybridized carbons (Fsp3) is 0.174. The van der Waals surface area contributed by atoms with E-state index in [0.29, 0.717) is 17.1 Å². The summed E-state index contributed by atoms with van der Waals surface area (Å²) in [4.78, 5) is 13.8. The largest absolute Gasteiger partial charge is 0.497 e. The maximum atomic E-state index is 13.4. The van der Waals surface area contributed by atoms with Crippen molar-refractivity contribution < 1.29 is 17.9 Å². The van der Waals surface area contributed by atoms with Gasteiger partial charge in [-0.25, -0.2) is 8.42 Å². The van der Waals surface area contributed by atoms with Crippen molar-refractivity contribution in [3.8, 4) is 5.75 Å². The lowest BCUT2D eigenvalue weighted by Gasteiger charge is -2.24. The highest BCUT2D eigenvalue weighted by Crippen LogP contribution is 2.26. The van der Waals surface area contributed by atoms with E-state index < -0.39 is 15.9 Å². The van der Waals surface area contributed by atoms with Crippen LogP contribution in [0.3, 0.4) is 0 Å². The van der Waals surface area contributed by atoms with Gasteiger partial charge in [-0.1, -0.05) is 17.7 Å². The Labute approximate surface area is 187 Å². The van der Waals surface area contributed by atoms with Gasteiger partial charge in [-0.2, -0.15) is 0 Å². The molecule has 162 valence electrons. The number of amides is 1. The van der Waals surface area contributed by atoms with E-state index in [9.17, 15) is 13.2 Å². The molecule has 3 rings (SSSR count). The molecule has 1 amide bonds. The summed E-state index contributed by atoms with van der Waals surface area (Å²) < 4.78 is 33.1. The van der Waals surface area contributed by atoms with Crippen LogP contribution in [0.1, 0.15) is 5.56 Å². The molecule has 8 heteroatoms. The molecule has 0 spiro atoms. The lowest BCUT2D eigenvalue weighted by molar-refractivity contribution is -0.114. The lowest BCUT2D eigenvalue weighted by Crippen LogP contribution is -2.38. The highest BCUT2D eigenvalue weighted by atomic mass is 32.2. The van der Waals surface area contributed by atoms with Gasteiger partial charge in [0.05, 0.1) is 17.7 Å². The predicted octanol–water partition coefficient (Wildman–Crippen LogP) is 4.56. The van der Waals surface area contributed by atoms with Gasteiger partial charge in [-0.15, -0.1) is 11.8 Å². The van der Waals surface area contributed by atoms with Gasteiger partial charge in [0.15, 0.2) is 0 Å². The second kappa shape index (κ2) is 9.89. The Balaban J connectivity index is 1.90. The maximum Gasteiger partial charge on any atom is 0.264 e. The van der Waals surface area contributed by atoms with Crippen LogP contribution in [-0.2, 0) is 14.8 Å². The number of hydrogen-bond donors (Lipinski definition) is 1. The van der Waals surface area contributed by atoms with E-state index in [0.717, 1.165) is 14.8 Å². The van der Waals surface area contributed by atoms with Gasteiger partial charge < -0.3 is 10.1 Å². The molecule has 0 saturated heterocycles. The summed E-state index contributed by atoms with van der Waals surface area (Å²) in [7, 11) is -2.39. The summed E-state index contributed by atoms with van der Waals surface area (Å²) in [5.74, 6) is 0.214. The highest BCUT2D eigenvalue weighted by molar-refractivity contribution is 7.98. The summed E-state index contributed by atoms with van der Waals surface area (Å²) >= 11 is 1.53. The van der Waals surface area contributed by atoms with Gasteiger partial charge in [-0.3, -0.25) is 9.10 Å². The van der Waals surface area contributed by atoms with E-state index in [4.69, 9.17) is 4.74 Å². The number of hydrogen-bond acceptors (Lipinski definition) is 5. The second-order valence-electron chi connectivity index (χ2n) is 6.80. The Morgan fingerprint density at radius 2 is 1.58 bits per heavy atom.